The molecule has 0 aliphatic rings. The average Bonchev–Trinajstić information content (AvgIpc) is 2.57. The Morgan fingerprint density at radius 3 is 2.30 bits per heavy atom. The fourth-order valence-corrected chi connectivity index (χ4v) is 3.37. The molecule has 0 aromatic heterocycles. The molecular formula is C16H18ClNO4S. The first kappa shape index (κ1) is 17.7. The molecule has 0 saturated heterocycles. The van der Waals surface area contributed by atoms with E-state index in [1.165, 1.54) is 26.4 Å². The van der Waals surface area contributed by atoms with Crippen LogP contribution in [0.15, 0.2) is 53.4 Å². The third kappa shape index (κ3) is 4.45. The van der Waals surface area contributed by atoms with Crippen LogP contribution in [0.1, 0.15) is 11.7 Å². The first-order valence-electron chi connectivity index (χ1n) is 6.89. The molecular weight excluding hydrogens is 338 g/mol. The highest BCUT2D eigenvalue weighted by atomic mass is 35.5. The molecule has 5 nitrogen and oxygen atoms in total. The molecule has 124 valence electrons. The van der Waals surface area contributed by atoms with Crippen LogP contribution in [0.5, 0.6) is 5.75 Å². The molecule has 0 bridgehead atoms. The van der Waals surface area contributed by atoms with Crippen LogP contribution in [0.25, 0.3) is 0 Å². The number of hydrogen-bond acceptors (Lipinski definition) is 4. The van der Waals surface area contributed by atoms with Crippen molar-refractivity contribution in [3.8, 4) is 5.75 Å². The van der Waals surface area contributed by atoms with E-state index < -0.39 is 16.1 Å². The van der Waals surface area contributed by atoms with Gasteiger partial charge < -0.3 is 9.47 Å². The van der Waals surface area contributed by atoms with E-state index in [2.05, 4.69) is 4.72 Å². The van der Waals surface area contributed by atoms with E-state index in [0.717, 1.165) is 5.56 Å². The van der Waals surface area contributed by atoms with Crippen LogP contribution in [0, 0.1) is 0 Å². The van der Waals surface area contributed by atoms with Crippen molar-refractivity contribution in [3.63, 3.8) is 0 Å². The SMILES string of the molecule is COc1ccc(S(=O)(=O)NCC(OC)c2ccccc2Cl)cc1. The van der Waals surface area contributed by atoms with Crippen molar-refractivity contribution in [2.24, 2.45) is 0 Å². The number of benzene rings is 2. The van der Waals surface area contributed by atoms with Gasteiger partial charge in [-0.2, -0.15) is 0 Å². The molecule has 0 radical (unpaired) electrons. The second-order valence-electron chi connectivity index (χ2n) is 4.77. The fourth-order valence-electron chi connectivity index (χ4n) is 2.08. The minimum Gasteiger partial charge on any atom is -0.497 e. The summed E-state index contributed by atoms with van der Waals surface area (Å²) in [7, 11) is -0.608. The van der Waals surface area contributed by atoms with Gasteiger partial charge in [-0.15, -0.1) is 0 Å². The van der Waals surface area contributed by atoms with E-state index >= 15 is 0 Å². The molecule has 0 heterocycles. The van der Waals surface area contributed by atoms with Gasteiger partial charge in [-0.05, 0) is 30.3 Å². The van der Waals surface area contributed by atoms with Crippen molar-refractivity contribution in [2.75, 3.05) is 20.8 Å². The van der Waals surface area contributed by atoms with Gasteiger partial charge in [0, 0.05) is 24.2 Å². The van der Waals surface area contributed by atoms with Gasteiger partial charge in [-0.25, -0.2) is 13.1 Å². The summed E-state index contributed by atoms with van der Waals surface area (Å²) < 4.78 is 37.6. The van der Waals surface area contributed by atoms with E-state index in [1.54, 1.807) is 30.3 Å². The van der Waals surface area contributed by atoms with Gasteiger partial charge in [0.15, 0.2) is 0 Å². The number of nitrogens with one attached hydrogen (secondary N) is 1. The Labute approximate surface area is 141 Å². The predicted molar refractivity (Wildman–Crippen MR) is 89.4 cm³/mol. The molecule has 0 spiro atoms. The number of rotatable bonds is 7. The van der Waals surface area contributed by atoms with Gasteiger partial charge in [-0.3, -0.25) is 0 Å². The molecule has 0 amide bonds. The van der Waals surface area contributed by atoms with Gasteiger partial charge in [0.1, 0.15) is 5.75 Å². The Kier molecular flexibility index (Phi) is 6.01. The van der Waals surface area contributed by atoms with Crippen LogP contribution in [-0.2, 0) is 14.8 Å². The molecule has 1 N–H and O–H groups in total. The fraction of sp³-hybridized carbons (Fsp3) is 0.250. The topological polar surface area (TPSA) is 64.6 Å². The molecule has 0 aliphatic heterocycles. The molecule has 7 heteroatoms. The van der Waals surface area contributed by atoms with Crippen LogP contribution >= 0.6 is 11.6 Å². The Morgan fingerprint density at radius 1 is 1.09 bits per heavy atom. The summed E-state index contributed by atoms with van der Waals surface area (Å²) in [5.74, 6) is 0.592. The first-order chi connectivity index (χ1) is 11.0. The van der Waals surface area contributed by atoms with E-state index in [9.17, 15) is 8.42 Å². The second kappa shape index (κ2) is 7.79. The lowest BCUT2D eigenvalue weighted by Crippen LogP contribution is -2.29. The number of ether oxygens (including phenoxy) is 2. The number of sulfonamides is 1. The quantitative estimate of drug-likeness (QED) is 0.829. The first-order valence-corrected chi connectivity index (χ1v) is 8.75. The second-order valence-corrected chi connectivity index (χ2v) is 6.95. The molecule has 0 saturated carbocycles. The summed E-state index contributed by atoms with van der Waals surface area (Å²) in [4.78, 5) is 0.160. The van der Waals surface area contributed by atoms with Crippen LogP contribution in [0.2, 0.25) is 5.02 Å². The van der Waals surface area contributed by atoms with Crippen molar-refractivity contribution in [1.82, 2.24) is 4.72 Å². The van der Waals surface area contributed by atoms with Crippen molar-refractivity contribution in [2.45, 2.75) is 11.0 Å². The molecule has 2 aromatic carbocycles. The molecule has 0 fully saturated rings. The molecule has 23 heavy (non-hydrogen) atoms. The minimum atomic E-state index is -3.64. The zero-order valence-electron chi connectivity index (χ0n) is 12.8. The largest absolute Gasteiger partial charge is 0.497 e. The standard InChI is InChI=1S/C16H18ClNO4S/c1-21-12-7-9-13(10-8-12)23(19,20)18-11-16(22-2)14-5-3-4-6-15(14)17/h3-10,16,18H,11H2,1-2H3. The summed E-state index contributed by atoms with van der Waals surface area (Å²) >= 11 is 6.13. The highest BCUT2D eigenvalue weighted by molar-refractivity contribution is 7.89. The van der Waals surface area contributed by atoms with Gasteiger partial charge in [0.25, 0.3) is 0 Å². The normalized spacial score (nSPS) is 12.8. The molecule has 2 rings (SSSR count). The smallest absolute Gasteiger partial charge is 0.240 e. The molecule has 0 aliphatic carbocycles. The molecule has 1 unspecified atom stereocenters. The van der Waals surface area contributed by atoms with E-state index in [0.29, 0.717) is 10.8 Å². The van der Waals surface area contributed by atoms with E-state index in [1.807, 2.05) is 6.07 Å². The van der Waals surface area contributed by atoms with Gasteiger partial charge >= 0.3 is 0 Å². The van der Waals surface area contributed by atoms with Gasteiger partial charge in [0.2, 0.25) is 10.0 Å². The van der Waals surface area contributed by atoms with Gasteiger partial charge in [0.05, 0.1) is 18.1 Å². The summed E-state index contributed by atoms with van der Waals surface area (Å²) in [5.41, 5.74) is 0.731. The zero-order valence-corrected chi connectivity index (χ0v) is 14.4. The van der Waals surface area contributed by atoms with Crippen LogP contribution in [0.3, 0.4) is 0 Å². The highest BCUT2D eigenvalue weighted by Crippen LogP contribution is 2.25. The Morgan fingerprint density at radius 2 is 1.74 bits per heavy atom. The average molecular weight is 356 g/mol. The molecule has 1 atom stereocenters. The number of hydrogen-bond donors (Lipinski definition) is 1. The Bertz CT molecular complexity index is 747. The van der Waals surface area contributed by atoms with Crippen molar-refractivity contribution in [3.05, 3.63) is 59.1 Å². The Hall–Kier alpha value is -1.60. The minimum absolute atomic E-state index is 0.0780. The zero-order chi connectivity index (χ0) is 16.9. The Balaban J connectivity index is 2.12. The lowest BCUT2D eigenvalue weighted by Gasteiger charge is -2.18. The van der Waals surface area contributed by atoms with Crippen LogP contribution < -0.4 is 9.46 Å². The number of halogens is 1. The predicted octanol–water partition coefficient (Wildman–Crippen LogP) is 3.01. The lowest BCUT2D eigenvalue weighted by atomic mass is 10.1. The maximum atomic E-state index is 12.3. The number of methoxy groups -OCH3 is 2. The summed E-state index contributed by atoms with van der Waals surface area (Å²) in [6.45, 7) is 0.0780. The van der Waals surface area contributed by atoms with E-state index in [4.69, 9.17) is 21.1 Å². The van der Waals surface area contributed by atoms with Crippen molar-refractivity contribution in [1.29, 1.82) is 0 Å². The summed E-state index contributed by atoms with van der Waals surface area (Å²) in [6, 6.07) is 13.3. The maximum absolute atomic E-state index is 12.3. The third-order valence-corrected chi connectivity index (χ3v) is 5.15. The lowest BCUT2D eigenvalue weighted by molar-refractivity contribution is 0.107. The highest BCUT2D eigenvalue weighted by Gasteiger charge is 2.19. The molecule has 2 aromatic rings. The van der Waals surface area contributed by atoms with Crippen molar-refractivity contribution < 1.29 is 17.9 Å². The van der Waals surface area contributed by atoms with Crippen LogP contribution in [0.4, 0.5) is 0 Å². The summed E-state index contributed by atoms with van der Waals surface area (Å²) in [5, 5.41) is 0.531. The monoisotopic (exact) mass is 355 g/mol. The maximum Gasteiger partial charge on any atom is 0.240 e. The van der Waals surface area contributed by atoms with E-state index in [-0.39, 0.29) is 11.4 Å². The third-order valence-electron chi connectivity index (χ3n) is 3.37. The summed E-state index contributed by atoms with van der Waals surface area (Å²) in [6.07, 6.45) is -0.475. The van der Waals surface area contributed by atoms with Gasteiger partial charge in [-0.1, -0.05) is 29.8 Å². The van der Waals surface area contributed by atoms with Crippen LogP contribution in [-0.4, -0.2) is 29.2 Å². The van der Waals surface area contributed by atoms with Crippen molar-refractivity contribution >= 4 is 21.6 Å².